The van der Waals surface area contributed by atoms with Crippen LogP contribution < -0.4 is 5.73 Å². The minimum atomic E-state index is 0.0289. The molecule has 0 saturated heterocycles. The summed E-state index contributed by atoms with van der Waals surface area (Å²) in [7, 11) is 0. The molecule has 2 nitrogen and oxygen atoms in total. The van der Waals surface area contributed by atoms with Crippen molar-refractivity contribution in [2.45, 2.75) is 18.4 Å². The van der Waals surface area contributed by atoms with E-state index >= 15 is 0 Å². The number of aromatic nitrogens is 1. The molecule has 0 aromatic carbocycles. The summed E-state index contributed by atoms with van der Waals surface area (Å²) in [5.74, 6) is 0. The molecule has 2 rings (SSSR count). The first kappa shape index (κ1) is 5.38. The second-order valence-corrected chi connectivity index (χ2v) is 3.41. The number of thiazole rings is 1. The maximum Gasteiger partial charge on any atom is 0.0794 e. The third-order valence-corrected chi connectivity index (χ3v) is 2.70. The van der Waals surface area contributed by atoms with Gasteiger partial charge < -0.3 is 5.73 Å². The van der Waals surface area contributed by atoms with E-state index in [4.69, 9.17) is 5.73 Å². The van der Waals surface area contributed by atoms with Crippen LogP contribution in [-0.4, -0.2) is 4.98 Å². The average Bonchev–Trinajstić information content (AvgIpc) is 2.46. The van der Waals surface area contributed by atoms with Gasteiger partial charge >= 0.3 is 0 Å². The van der Waals surface area contributed by atoms with Gasteiger partial charge in [-0.1, -0.05) is 0 Å². The fourth-order valence-electron chi connectivity index (χ4n) is 0.843. The largest absolute Gasteiger partial charge is 0.321 e. The summed E-state index contributed by atoms with van der Waals surface area (Å²) in [5.41, 5.74) is 7.75. The Bertz CT molecular complexity index is 201. The Balaban J connectivity index is 2.34. The number of nitrogens with two attached hydrogens (primary N) is 1. The van der Waals surface area contributed by atoms with E-state index in [1.807, 2.05) is 11.7 Å². The molecular weight excluding hydrogens is 132 g/mol. The van der Waals surface area contributed by atoms with Crippen LogP contribution in [-0.2, 0) is 5.54 Å². The van der Waals surface area contributed by atoms with Gasteiger partial charge in [0.05, 0.1) is 11.0 Å². The molecule has 0 spiro atoms. The quantitative estimate of drug-likeness (QED) is 0.634. The van der Waals surface area contributed by atoms with E-state index in [2.05, 4.69) is 4.98 Å². The molecule has 1 saturated carbocycles. The van der Waals surface area contributed by atoms with Crippen LogP contribution in [0.1, 0.15) is 17.7 Å². The first-order valence-corrected chi connectivity index (χ1v) is 3.87. The standard InChI is InChI=1S/C6H8N2S/c7-6(1-2-6)5-3-8-4-9-5/h3-4H,1-2,7H2. The van der Waals surface area contributed by atoms with Crippen molar-refractivity contribution in [2.75, 3.05) is 0 Å². The van der Waals surface area contributed by atoms with Crippen molar-refractivity contribution in [3.63, 3.8) is 0 Å². The highest BCUT2D eigenvalue weighted by Gasteiger charge is 2.41. The number of rotatable bonds is 1. The van der Waals surface area contributed by atoms with Crippen molar-refractivity contribution >= 4 is 11.3 Å². The van der Waals surface area contributed by atoms with E-state index in [-0.39, 0.29) is 5.54 Å². The molecule has 1 fully saturated rings. The smallest absolute Gasteiger partial charge is 0.0794 e. The third kappa shape index (κ3) is 0.767. The molecule has 3 heteroatoms. The molecule has 0 bridgehead atoms. The molecule has 1 aliphatic rings. The summed E-state index contributed by atoms with van der Waals surface area (Å²) in [6, 6.07) is 0. The van der Waals surface area contributed by atoms with Crippen molar-refractivity contribution < 1.29 is 0 Å². The van der Waals surface area contributed by atoms with E-state index < -0.39 is 0 Å². The van der Waals surface area contributed by atoms with Gasteiger partial charge in [0, 0.05) is 11.1 Å². The predicted octanol–water partition coefficient (Wildman–Crippen LogP) is 1.09. The van der Waals surface area contributed by atoms with Gasteiger partial charge in [-0.25, -0.2) is 0 Å². The zero-order valence-electron chi connectivity index (χ0n) is 5.00. The summed E-state index contributed by atoms with van der Waals surface area (Å²) in [6.07, 6.45) is 4.14. The molecule has 0 amide bonds. The van der Waals surface area contributed by atoms with Gasteiger partial charge in [0.1, 0.15) is 0 Å². The Morgan fingerprint density at radius 3 is 2.89 bits per heavy atom. The lowest BCUT2D eigenvalue weighted by Gasteiger charge is -2.00. The summed E-state index contributed by atoms with van der Waals surface area (Å²) in [4.78, 5) is 5.21. The van der Waals surface area contributed by atoms with E-state index in [9.17, 15) is 0 Å². The summed E-state index contributed by atoms with van der Waals surface area (Å²) in [6.45, 7) is 0. The Morgan fingerprint density at radius 2 is 2.44 bits per heavy atom. The van der Waals surface area contributed by atoms with Gasteiger partial charge in [-0.05, 0) is 12.8 Å². The van der Waals surface area contributed by atoms with E-state index in [1.54, 1.807) is 11.3 Å². The highest BCUT2D eigenvalue weighted by atomic mass is 32.1. The molecule has 0 unspecified atom stereocenters. The zero-order valence-corrected chi connectivity index (χ0v) is 5.82. The molecule has 1 aliphatic carbocycles. The maximum atomic E-state index is 5.88. The molecule has 1 aromatic rings. The van der Waals surface area contributed by atoms with Gasteiger partial charge in [0.25, 0.3) is 0 Å². The minimum Gasteiger partial charge on any atom is -0.321 e. The molecule has 0 radical (unpaired) electrons. The van der Waals surface area contributed by atoms with Crippen LogP contribution in [0.25, 0.3) is 0 Å². The van der Waals surface area contributed by atoms with Crippen molar-refractivity contribution in [1.29, 1.82) is 0 Å². The van der Waals surface area contributed by atoms with Crippen molar-refractivity contribution in [3.05, 3.63) is 16.6 Å². The molecular formula is C6H8N2S. The fourth-order valence-corrected chi connectivity index (χ4v) is 1.64. The monoisotopic (exact) mass is 140 g/mol. The molecule has 9 heavy (non-hydrogen) atoms. The number of nitrogens with zero attached hydrogens (tertiary/aromatic N) is 1. The Kier molecular flexibility index (Phi) is 0.926. The highest BCUT2D eigenvalue weighted by Crippen LogP contribution is 2.43. The molecule has 1 heterocycles. The van der Waals surface area contributed by atoms with E-state index in [0.717, 1.165) is 12.8 Å². The maximum absolute atomic E-state index is 5.88. The fraction of sp³-hybridized carbons (Fsp3) is 0.500. The van der Waals surface area contributed by atoms with Crippen LogP contribution in [0.2, 0.25) is 0 Å². The van der Waals surface area contributed by atoms with Gasteiger partial charge in [-0.15, -0.1) is 11.3 Å². The molecule has 0 aliphatic heterocycles. The van der Waals surface area contributed by atoms with Gasteiger partial charge in [-0.3, -0.25) is 4.98 Å². The topological polar surface area (TPSA) is 38.9 Å². The van der Waals surface area contributed by atoms with Gasteiger partial charge in [0.15, 0.2) is 0 Å². The first-order chi connectivity index (χ1) is 4.31. The lowest BCUT2D eigenvalue weighted by molar-refractivity contribution is 0.756. The van der Waals surface area contributed by atoms with Gasteiger partial charge in [-0.2, -0.15) is 0 Å². The molecule has 0 atom stereocenters. The highest BCUT2D eigenvalue weighted by molar-refractivity contribution is 7.09. The molecule has 1 aromatic heterocycles. The van der Waals surface area contributed by atoms with Crippen LogP contribution in [0, 0.1) is 0 Å². The summed E-state index contributed by atoms with van der Waals surface area (Å²) in [5, 5.41) is 0. The average molecular weight is 140 g/mol. The van der Waals surface area contributed by atoms with Crippen LogP contribution in [0.4, 0.5) is 0 Å². The van der Waals surface area contributed by atoms with Crippen molar-refractivity contribution in [1.82, 2.24) is 4.98 Å². The van der Waals surface area contributed by atoms with Crippen LogP contribution >= 0.6 is 11.3 Å². The Morgan fingerprint density at radius 1 is 1.67 bits per heavy atom. The molecule has 48 valence electrons. The third-order valence-electron chi connectivity index (χ3n) is 1.71. The van der Waals surface area contributed by atoms with E-state index in [1.165, 1.54) is 4.88 Å². The van der Waals surface area contributed by atoms with Crippen LogP contribution in [0.15, 0.2) is 11.7 Å². The van der Waals surface area contributed by atoms with Crippen molar-refractivity contribution in [2.24, 2.45) is 5.73 Å². The lowest BCUT2D eigenvalue weighted by atomic mass is 10.3. The zero-order chi connectivity index (χ0) is 6.32. The van der Waals surface area contributed by atoms with E-state index in [0.29, 0.717) is 0 Å². The second-order valence-electron chi connectivity index (χ2n) is 2.52. The normalized spacial score (nSPS) is 21.9. The summed E-state index contributed by atoms with van der Waals surface area (Å²) >= 11 is 1.66. The Labute approximate surface area is 57.7 Å². The Hall–Kier alpha value is -0.410. The second kappa shape index (κ2) is 1.55. The van der Waals surface area contributed by atoms with Crippen molar-refractivity contribution in [3.8, 4) is 0 Å². The van der Waals surface area contributed by atoms with Crippen LogP contribution in [0.3, 0.4) is 0 Å². The first-order valence-electron chi connectivity index (χ1n) is 2.99. The minimum absolute atomic E-state index is 0.0289. The predicted molar refractivity (Wildman–Crippen MR) is 37.2 cm³/mol. The lowest BCUT2D eigenvalue weighted by Crippen LogP contribution is -2.16. The SMILES string of the molecule is NC1(c2cncs2)CC1. The number of hydrogen-bond acceptors (Lipinski definition) is 3. The van der Waals surface area contributed by atoms with Gasteiger partial charge in [0.2, 0.25) is 0 Å². The summed E-state index contributed by atoms with van der Waals surface area (Å²) < 4.78 is 0. The number of hydrogen-bond donors (Lipinski definition) is 1. The molecule has 2 N–H and O–H groups in total. The van der Waals surface area contributed by atoms with Crippen LogP contribution in [0.5, 0.6) is 0 Å².